The predicted molar refractivity (Wildman–Crippen MR) is 282 cm³/mol. The van der Waals surface area contributed by atoms with Crippen molar-refractivity contribution in [2.45, 2.75) is 117 Å². The molecule has 4 amide bonds. The minimum Gasteiger partial charge on any atom is -0.391 e. The molecule has 19 heteroatoms. The Hall–Kier alpha value is -5.37. The molecule has 0 bridgehead atoms. The van der Waals surface area contributed by atoms with Gasteiger partial charge in [-0.2, -0.15) is 0 Å². The summed E-state index contributed by atoms with van der Waals surface area (Å²) >= 11 is 9.58. The van der Waals surface area contributed by atoms with Crippen LogP contribution in [0.25, 0.3) is 15.4 Å². The van der Waals surface area contributed by atoms with Crippen LogP contribution >= 0.6 is 34.3 Å². The van der Waals surface area contributed by atoms with Crippen LogP contribution in [-0.4, -0.2) is 150 Å². The van der Waals surface area contributed by atoms with Crippen LogP contribution in [0.5, 0.6) is 0 Å². The zero-order valence-corrected chi connectivity index (χ0v) is 44.8. The predicted octanol–water partition coefficient (Wildman–Crippen LogP) is 6.60. The number of nitrogens with one attached hydrogen (secondary N) is 2. The van der Waals surface area contributed by atoms with Gasteiger partial charge in [-0.25, -0.2) is 4.98 Å². The number of hydrogen-bond acceptors (Lipinski definition) is 13. The Kier molecular flexibility index (Phi) is 15.2. The van der Waals surface area contributed by atoms with Crippen molar-refractivity contribution >= 4 is 63.6 Å². The first-order chi connectivity index (χ1) is 34.3. The molecule has 9 rings (SSSR count). The lowest BCUT2D eigenvalue weighted by Gasteiger charge is -2.43. The number of aliphatic hydroxyl groups excluding tert-OH is 1. The molecule has 16 nitrogen and oxygen atoms in total. The zero-order chi connectivity index (χ0) is 51.2. The number of hydrogen-bond donors (Lipinski definition) is 3. The number of benzene rings is 2. The van der Waals surface area contributed by atoms with Gasteiger partial charge in [-0.05, 0) is 81.7 Å². The van der Waals surface area contributed by atoms with Gasteiger partial charge in [-0.1, -0.05) is 68.8 Å². The van der Waals surface area contributed by atoms with Crippen molar-refractivity contribution in [2.75, 3.05) is 52.4 Å². The third-order valence-corrected chi connectivity index (χ3v) is 17.3. The summed E-state index contributed by atoms with van der Waals surface area (Å²) in [5, 5.41) is 27.6. The summed E-state index contributed by atoms with van der Waals surface area (Å²) in [6.07, 6.45) is 1.17. The van der Waals surface area contributed by atoms with Crippen LogP contribution in [0.4, 0.5) is 0 Å². The molecule has 3 aromatic heterocycles. The number of piperazine rings is 1. The summed E-state index contributed by atoms with van der Waals surface area (Å²) in [5.41, 5.74) is 8.03. The van der Waals surface area contributed by atoms with E-state index in [1.807, 2.05) is 100 Å². The fourth-order valence-corrected chi connectivity index (χ4v) is 12.8. The van der Waals surface area contributed by atoms with Gasteiger partial charge >= 0.3 is 0 Å². The van der Waals surface area contributed by atoms with Gasteiger partial charge in [0.05, 0.1) is 46.9 Å². The zero-order valence-electron chi connectivity index (χ0n) is 42.4. The first-order valence-electron chi connectivity index (χ1n) is 25.0. The molecule has 1 unspecified atom stereocenters. The minimum atomic E-state index is -0.910. The van der Waals surface area contributed by atoms with Gasteiger partial charge in [0.15, 0.2) is 5.82 Å². The molecule has 382 valence electrons. The number of rotatable bonds is 12. The van der Waals surface area contributed by atoms with Gasteiger partial charge in [0.1, 0.15) is 29.0 Å². The van der Waals surface area contributed by atoms with Crippen molar-refractivity contribution in [1.82, 2.24) is 50.0 Å². The van der Waals surface area contributed by atoms with E-state index in [0.29, 0.717) is 30.0 Å². The van der Waals surface area contributed by atoms with Crippen LogP contribution in [0, 0.1) is 33.1 Å². The molecule has 0 radical (unpaired) electrons. The fourth-order valence-electron chi connectivity index (χ4n) is 10.6. The Morgan fingerprint density at radius 3 is 2.22 bits per heavy atom. The van der Waals surface area contributed by atoms with Crippen molar-refractivity contribution in [1.29, 1.82) is 0 Å². The number of aliphatic hydroxyl groups is 1. The topological polar surface area (TPSA) is 181 Å². The highest BCUT2D eigenvalue weighted by Gasteiger charge is 2.45. The lowest BCUT2D eigenvalue weighted by atomic mass is 9.85. The van der Waals surface area contributed by atoms with Crippen LogP contribution in [0.1, 0.15) is 110 Å². The van der Waals surface area contributed by atoms with Crippen molar-refractivity contribution in [2.24, 2.45) is 10.4 Å². The Labute approximate surface area is 434 Å². The van der Waals surface area contributed by atoms with E-state index in [0.717, 1.165) is 93.9 Å². The average Bonchev–Trinajstić information content (AvgIpc) is 4.13. The van der Waals surface area contributed by atoms with Gasteiger partial charge in [0.2, 0.25) is 23.6 Å². The molecular formula is C53H66ClN11O5S2. The van der Waals surface area contributed by atoms with E-state index in [1.54, 1.807) is 22.7 Å². The number of thiophene rings is 1. The van der Waals surface area contributed by atoms with Crippen molar-refractivity contribution in [3.8, 4) is 15.4 Å². The Bertz CT molecular complexity index is 2840. The number of β-amino-alcohol motifs (C(OH)–C–C–N with tert-alkyl or cyclic N) is 1. The van der Waals surface area contributed by atoms with E-state index in [4.69, 9.17) is 16.6 Å². The van der Waals surface area contributed by atoms with Crippen LogP contribution < -0.4 is 10.6 Å². The van der Waals surface area contributed by atoms with Gasteiger partial charge in [-0.15, -0.1) is 32.9 Å². The van der Waals surface area contributed by atoms with Crippen molar-refractivity contribution in [3.05, 3.63) is 104 Å². The van der Waals surface area contributed by atoms with E-state index >= 15 is 0 Å². The third kappa shape index (κ3) is 10.8. The first kappa shape index (κ1) is 51.5. The third-order valence-electron chi connectivity index (χ3n) is 14.9. The van der Waals surface area contributed by atoms with Gasteiger partial charge < -0.3 is 25.5 Å². The second kappa shape index (κ2) is 21.2. The van der Waals surface area contributed by atoms with E-state index in [1.165, 1.54) is 9.78 Å². The number of aryl methyl sites for hydroxylation is 3. The Morgan fingerprint density at radius 2 is 1.57 bits per heavy atom. The lowest BCUT2D eigenvalue weighted by molar-refractivity contribution is -0.144. The van der Waals surface area contributed by atoms with Gasteiger partial charge in [0, 0.05) is 79.3 Å². The normalized spacial score (nSPS) is 20.9. The first-order valence-corrected chi connectivity index (χ1v) is 27.1. The van der Waals surface area contributed by atoms with Gasteiger partial charge in [-0.3, -0.25) is 38.5 Å². The molecule has 3 fully saturated rings. The number of thiazole rings is 1. The molecule has 0 spiro atoms. The van der Waals surface area contributed by atoms with Gasteiger partial charge in [0.25, 0.3) is 0 Å². The number of halogens is 1. The van der Waals surface area contributed by atoms with E-state index < -0.39 is 29.6 Å². The number of piperidine rings is 1. The molecule has 5 atom stereocenters. The molecule has 0 aliphatic carbocycles. The highest BCUT2D eigenvalue weighted by atomic mass is 35.5. The number of carbonyl (C=O) groups is 4. The second-order valence-electron chi connectivity index (χ2n) is 20.9. The number of nitrogens with zero attached hydrogens (tertiary/aromatic N) is 9. The molecular weight excluding hydrogens is 970 g/mol. The molecule has 7 heterocycles. The summed E-state index contributed by atoms with van der Waals surface area (Å²) in [6.45, 7) is 20.1. The molecule has 0 saturated carbocycles. The summed E-state index contributed by atoms with van der Waals surface area (Å²) in [5.74, 6) is 0.468. The van der Waals surface area contributed by atoms with Crippen LogP contribution in [0.3, 0.4) is 0 Å². The van der Waals surface area contributed by atoms with Crippen LogP contribution in [0.2, 0.25) is 5.02 Å². The number of aliphatic imine (C=N–C) groups is 1. The van der Waals surface area contributed by atoms with Crippen molar-refractivity contribution in [3.63, 3.8) is 0 Å². The number of aromatic nitrogens is 4. The SMILES string of the molecule is Cc1ncsc1-c1ccc([C@H](C)NC(=O)[C@@H]2C[C@@H](O)CN2C(=O)C(NC(=O)CN2CCC(N3CCN(C(=O)C[C@@H]4N=C(c5ccc(Cl)cc5)c5c(sc(C)c5C)-n5c(C)nnc54)CC3)CC2)C(C)(C)C)cc1. The molecule has 72 heavy (non-hydrogen) atoms. The van der Waals surface area contributed by atoms with E-state index in [-0.39, 0.29) is 55.6 Å². The molecule has 5 aromatic rings. The highest BCUT2D eigenvalue weighted by molar-refractivity contribution is 7.15. The minimum absolute atomic E-state index is 0.00726. The average molecular weight is 1040 g/mol. The fraction of sp³-hybridized carbons (Fsp3) is 0.509. The number of likely N-dealkylation sites (tertiary alicyclic amines) is 2. The number of fused-ring (bicyclic) bond motifs is 3. The largest absolute Gasteiger partial charge is 0.391 e. The van der Waals surface area contributed by atoms with E-state index in [2.05, 4.69) is 54.0 Å². The maximum absolute atomic E-state index is 14.3. The molecule has 4 aliphatic rings. The monoisotopic (exact) mass is 1040 g/mol. The van der Waals surface area contributed by atoms with E-state index in [9.17, 15) is 24.3 Å². The molecule has 2 aromatic carbocycles. The van der Waals surface area contributed by atoms with Crippen molar-refractivity contribution < 1.29 is 24.3 Å². The lowest BCUT2D eigenvalue weighted by Crippen LogP contribution is -2.59. The summed E-state index contributed by atoms with van der Waals surface area (Å²) in [7, 11) is 0. The number of carbonyl (C=O) groups excluding carboxylic acids is 4. The molecule has 4 aliphatic heterocycles. The smallest absolute Gasteiger partial charge is 0.246 e. The highest BCUT2D eigenvalue weighted by Crippen LogP contribution is 2.40. The number of amides is 4. The second-order valence-corrected chi connectivity index (χ2v) is 23.4. The Balaban J connectivity index is 0.766. The maximum atomic E-state index is 14.3. The molecule has 3 saturated heterocycles. The standard InChI is InChI=1S/C53H66ClN11O5S2/c1-30-33(4)72-52-45(30)46(36-13-15-38(54)16-14-36)57-41(49-60-59-34(5)65(49)52)26-44(68)63-23-21-62(22-24-63)39-17-19-61(20-18-39)28-43(67)58-48(53(6,7)8)51(70)64-27-40(66)25-42(64)50(69)56-31(2)35-9-11-37(12-10-35)47-32(3)55-29-71-47/h9-16,29,31,39-42,48,66H,17-28H2,1-8H3,(H,56,69)(H,58,67)/t31-,40+,41-,42-,48?/m0/s1. The quantitative estimate of drug-likeness (QED) is 0.123. The summed E-state index contributed by atoms with van der Waals surface area (Å²) in [6, 6.07) is 13.4. The van der Waals surface area contributed by atoms with Crippen LogP contribution in [-0.2, 0) is 19.2 Å². The maximum Gasteiger partial charge on any atom is 0.246 e. The summed E-state index contributed by atoms with van der Waals surface area (Å²) < 4.78 is 2.08. The van der Waals surface area contributed by atoms with Crippen LogP contribution in [0.15, 0.2) is 59.0 Å². The molecule has 3 N–H and O–H groups in total. The summed E-state index contributed by atoms with van der Waals surface area (Å²) in [4.78, 5) is 76.0. The Morgan fingerprint density at radius 1 is 0.889 bits per heavy atom.